The van der Waals surface area contributed by atoms with Crippen LogP contribution in [0.4, 0.5) is 0 Å². The highest BCUT2D eigenvalue weighted by Gasteiger charge is 2.13. The van der Waals surface area contributed by atoms with Gasteiger partial charge in [0.1, 0.15) is 0 Å². The Morgan fingerprint density at radius 3 is 2.07 bits per heavy atom. The normalized spacial score (nSPS) is 12.7. The maximum Gasteiger partial charge on any atom is 0.234 e. The van der Waals surface area contributed by atoms with Crippen LogP contribution in [0.5, 0.6) is 0 Å². The Hall–Kier alpha value is -2.00. The van der Waals surface area contributed by atoms with Crippen LogP contribution in [0.25, 0.3) is 6.08 Å². The molecule has 2 aromatic carbocycles. The summed E-state index contributed by atoms with van der Waals surface area (Å²) in [5.74, 6) is -0.114. The predicted octanol–water partition coefficient (Wildman–Crippen LogP) is 2.60. The van der Waals surface area contributed by atoms with Gasteiger partial charge in [0.25, 0.3) is 0 Å². The van der Waals surface area contributed by atoms with Crippen molar-refractivity contribution in [3.63, 3.8) is 0 Å². The first-order valence-corrected chi connectivity index (χ1v) is 11.7. The molecule has 0 aliphatic carbocycles. The molecule has 0 spiro atoms. The zero-order chi connectivity index (χ0) is 19.9. The third-order valence-corrected chi connectivity index (χ3v) is 6.10. The number of rotatable bonds is 9. The lowest BCUT2D eigenvalue weighted by molar-refractivity contribution is 0.569. The minimum absolute atomic E-state index is 0.114. The Balaban J connectivity index is 1.93. The highest BCUT2D eigenvalue weighted by Crippen LogP contribution is 2.09. The molecule has 2 rings (SSSR count). The lowest BCUT2D eigenvalue weighted by Crippen LogP contribution is -2.31. The summed E-state index contributed by atoms with van der Waals surface area (Å²) in [6, 6.07) is 15.8. The maximum atomic E-state index is 12.0. The summed E-state index contributed by atoms with van der Waals surface area (Å²) < 4.78 is 53.0. The number of benzene rings is 2. The van der Waals surface area contributed by atoms with E-state index in [1.807, 2.05) is 30.3 Å². The fourth-order valence-electron chi connectivity index (χ4n) is 2.34. The largest absolute Gasteiger partial charge is 0.234 e. The molecule has 0 aromatic heterocycles. The van der Waals surface area contributed by atoms with Gasteiger partial charge in [0, 0.05) is 18.0 Å². The number of sulfonamides is 2. The Morgan fingerprint density at radius 2 is 1.48 bits per heavy atom. The van der Waals surface area contributed by atoms with Gasteiger partial charge < -0.3 is 0 Å². The quantitative estimate of drug-likeness (QED) is 0.667. The number of nitrogens with one attached hydrogen (secondary N) is 2. The summed E-state index contributed by atoms with van der Waals surface area (Å²) in [7, 11) is -6.95. The highest BCUT2D eigenvalue weighted by atomic mass is 32.2. The molecule has 0 aliphatic rings. The van der Waals surface area contributed by atoms with Gasteiger partial charge in [-0.25, -0.2) is 26.3 Å². The Morgan fingerprint density at radius 1 is 0.889 bits per heavy atom. The average molecular weight is 409 g/mol. The SMILES string of the molecule is CC(C)NS(=O)(=O)Cc1ccc(CNS(=O)(=O)/C=C/c2ccccc2)cc1. The van der Waals surface area contributed by atoms with Crippen LogP contribution in [0.3, 0.4) is 0 Å². The van der Waals surface area contributed by atoms with Gasteiger partial charge in [0.2, 0.25) is 20.0 Å². The predicted molar refractivity (Wildman–Crippen MR) is 109 cm³/mol. The first kappa shape index (κ1) is 21.3. The molecule has 146 valence electrons. The van der Waals surface area contributed by atoms with E-state index in [1.165, 1.54) is 6.08 Å². The van der Waals surface area contributed by atoms with E-state index in [1.54, 1.807) is 38.1 Å². The van der Waals surface area contributed by atoms with Crippen LogP contribution in [-0.2, 0) is 32.3 Å². The van der Waals surface area contributed by atoms with Gasteiger partial charge in [-0.05, 0) is 36.6 Å². The van der Waals surface area contributed by atoms with Gasteiger partial charge >= 0.3 is 0 Å². The van der Waals surface area contributed by atoms with E-state index in [-0.39, 0.29) is 18.3 Å². The Bertz CT molecular complexity index is 966. The minimum atomic E-state index is -3.57. The third-order valence-electron chi connectivity index (χ3n) is 3.51. The molecule has 0 bridgehead atoms. The summed E-state index contributed by atoms with van der Waals surface area (Å²) >= 11 is 0. The molecule has 0 atom stereocenters. The van der Waals surface area contributed by atoms with Crippen LogP contribution < -0.4 is 9.44 Å². The van der Waals surface area contributed by atoms with Gasteiger partial charge in [-0.15, -0.1) is 0 Å². The van der Waals surface area contributed by atoms with Crippen molar-refractivity contribution in [3.8, 4) is 0 Å². The van der Waals surface area contributed by atoms with Crippen LogP contribution in [0.15, 0.2) is 60.0 Å². The molecule has 2 aromatic rings. The zero-order valence-electron chi connectivity index (χ0n) is 15.3. The van der Waals surface area contributed by atoms with Crippen molar-refractivity contribution < 1.29 is 16.8 Å². The molecule has 27 heavy (non-hydrogen) atoms. The molecule has 0 amide bonds. The Kier molecular flexibility index (Phi) is 7.32. The summed E-state index contributed by atoms with van der Waals surface area (Å²) in [6.45, 7) is 3.65. The van der Waals surface area contributed by atoms with E-state index in [4.69, 9.17) is 0 Å². The van der Waals surface area contributed by atoms with E-state index in [9.17, 15) is 16.8 Å². The lowest BCUT2D eigenvalue weighted by Gasteiger charge is -2.10. The molecule has 0 saturated carbocycles. The molecule has 0 fully saturated rings. The Labute approximate surface area is 161 Å². The van der Waals surface area contributed by atoms with Gasteiger partial charge in [-0.3, -0.25) is 0 Å². The van der Waals surface area contributed by atoms with Gasteiger partial charge in [0.15, 0.2) is 0 Å². The van der Waals surface area contributed by atoms with Crippen LogP contribution >= 0.6 is 0 Å². The lowest BCUT2D eigenvalue weighted by atomic mass is 10.1. The molecule has 2 N–H and O–H groups in total. The van der Waals surface area contributed by atoms with Crippen LogP contribution in [0.2, 0.25) is 0 Å². The molecule has 0 heterocycles. The summed E-state index contributed by atoms with van der Waals surface area (Å²) in [5, 5.41) is 1.13. The summed E-state index contributed by atoms with van der Waals surface area (Å²) in [4.78, 5) is 0. The minimum Gasteiger partial charge on any atom is -0.212 e. The first-order valence-electron chi connectivity index (χ1n) is 8.46. The average Bonchev–Trinajstić information content (AvgIpc) is 2.59. The van der Waals surface area contributed by atoms with E-state index in [0.717, 1.165) is 16.5 Å². The van der Waals surface area contributed by atoms with Crippen LogP contribution in [0, 0.1) is 0 Å². The van der Waals surface area contributed by atoms with Crippen LogP contribution in [-0.4, -0.2) is 22.9 Å². The van der Waals surface area contributed by atoms with Gasteiger partial charge in [-0.2, -0.15) is 0 Å². The summed E-state index contributed by atoms with van der Waals surface area (Å²) in [5.41, 5.74) is 2.17. The zero-order valence-corrected chi connectivity index (χ0v) is 16.9. The maximum absolute atomic E-state index is 12.0. The second-order valence-corrected chi connectivity index (χ2v) is 9.83. The molecule has 8 heteroatoms. The molecule has 0 aliphatic heterocycles. The first-order chi connectivity index (χ1) is 12.7. The van der Waals surface area contributed by atoms with Crippen molar-refractivity contribution in [3.05, 3.63) is 76.7 Å². The van der Waals surface area contributed by atoms with E-state index in [0.29, 0.717) is 5.56 Å². The molecule has 0 unspecified atom stereocenters. The molecule has 6 nitrogen and oxygen atoms in total. The van der Waals surface area contributed by atoms with Crippen molar-refractivity contribution in [2.24, 2.45) is 0 Å². The van der Waals surface area contributed by atoms with Gasteiger partial charge in [-0.1, -0.05) is 54.6 Å². The fraction of sp³-hybridized carbons (Fsp3) is 0.263. The van der Waals surface area contributed by atoms with Crippen molar-refractivity contribution >= 4 is 26.1 Å². The highest BCUT2D eigenvalue weighted by molar-refractivity contribution is 7.92. The van der Waals surface area contributed by atoms with Crippen molar-refractivity contribution in [2.75, 3.05) is 0 Å². The molecular weight excluding hydrogens is 384 g/mol. The number of hydrogen-bond donors (Lipinski definition) is 2. The van der Waals surface area contributed by atoms with E-state index >= 15 is 0 Å². The molecule has 0 saturated heterocycles. The fourth-order valence-corrected chi connectivity index (χ4v) is 4.57. The van der Waals surface area contributed by atoms with Crippen molar-refractivity contribution in [1.29, 1.82) is 0 Å². The van der Waals surface area contributed by atoms with Gasteiger partial charge in [0.05, 0.1) is 5.75 Å². The monoisotopic (exact) mass is 408 g/mol. The van der Waals surface area contributed by atoms with E-state index < -0.39 is 20.0 Å². The standard InChI is InChI=1S/C19H24N2O4S2/c1-16(2)21-27(24,25)15-19-10-8-18(9-11-19)14-20-26(22,23)13-12-17-6-4-3-5-7-17/h3-13,16,20-21H,14-15H2,1-2H3/b13-12+. The number of hydrogen-bond acceptors (Lipinski definition) is 4. The van der Waals surface area contributed by atoms with E-state index in [2.05, 4.69) is 9.44 Å². The second-order valence-electron chi connectivity index (χ2n) is 6.43. The summed E-state index contributed by atoms with van der Waals surface area (Å²) in [6.07, 6.45) is 1.53. The smallest absolute Gasteiger partial charge is 0.212 e. The van der Waals surface area contributed by atoms with Crippen LogP contribution in [0.1, 0.15) is 30.5 Å². The second kappa shape index (κ2) is 9.27. The molecular formula is C19H24N2O4S2. The van der Waals surface area contributed by atoms with Crippen molar-refractivity contribution in [2.45, 2.75) is 32.2 Å². The molecule has 0 radical (unpaired) electrons. The third kappa shape index (κ3) is 8.04. The topological polar surface area (TPSA) is 92.3 Å². The van der Waals surface area contributed by atoms with Crippen molar-refractivity contribution in [1.82, 2.24) is 9.44 Å².